The van der Waals surface area contributed by atoms with Crippen LogP contribution in [0.15, 0.2) is 59.5 Å². The third kappa shape index (κ3) is 5.69. The van der Waals surface area contributed by atoms with Crippen LogP contribution in [0, 0.1) is 0 Å². The van der Waals surface area contributed by atoms with Gasteiger partial charge in [-0.05, 0) is 53.8 Å². The van der Waals surface area contributed by atoms with Crippen molar-refractivity contribution in [1.82, 2.24) is 5.32 Å². The Morgan fingerprint density at radius 2 is 1.43 bits per heavy atom. The highest BCUT2D eigenvalue weighted by atomic mass is 32.2. The summed E-state index contributed by atoms with van der Waals surface area (Å²) in [6.45, 7) is 0.0562. The summed E-state index contributed by atoms with van der Waals surface area (Å²) in [7, 11) is 6.73. The number of methoxy groups -OCH3 is 4. The van der Waals surface area contributed by atoms with Crippen LogP contribution in [-0.4, -0.2) is 46.2 Å². The number of thioether (sulfide) groups is 1. The molecule has 0 bridgehead atoms. The Morgan fingerprint density at radius 1 is 0.829 bits per heavy atom. The normalized spacial score (nSPS) is 16.9. The summed E-state index contributed by atoms with van der Waals surface area (Å²) >= 11 is 1.75. The van der Waals surface area contributed by atoms with Crippen molar-refractivity contribution in [1.29, 1.82) is 0 Å². The number of ether oxygens (including phenoxy) is 4. The van der Waals surface area contributed by atoms with Gasteiger partial charge in [0.2, 0.25) is 0 Å². The molecule has 0 fully saturated rings. The number of hydrogen-bond acceptors (Lipinski definition) is 7. The molecule has 1 aliphatic heterocycles. The van der Waals surface area contributed by atoms with Crippen LogP contribution in [0.3, 0.4) is 0 Å². The van der Waals surface area contributed by atoms with Crippen molar-refractivity contribution < 1.29 is 24.1 Å². The van der Waals surface area contributed by atoms with E-state index in [1.54, 1.807) is 40.2 Å². The third-order valence-electron chi connectivity index (χ3n) is 6.39. The summed E-state index contributed by atoms with van der Waals surface area (Å²) in [5.41, 5.74) is 4.69. The zero-order valence-corrected chi connectivity index (χ0v) is 21.5. The number of rotatable bonds is 10. The van der Waals surface area contributed by atoms with E-state index in [4.69, 9.17) is 18.9 Å². The lowest BCUT2D eigenvalue weighted by Crippen LogP contribution is -2.43. The molecule has 186 valence electrons. The first kappa shape index (κ1) is 25.2. The average Bonchev–Trinajstić information content (AvgIpc) is 2.91. The standard InChI is InChI=1S/C28H33NO5S/c1-31-21-9-5-18(6-10-21)13-24-27-23(14-20(16-30)29-24)28(26(34-4)15-25(27)33-3)35-17-19-7-11-22(32-2)12-8-19/h5-12,15,20,24,29-30H,13-14,16-17H2,1-4H3/t20-,24-/m0/s1. The van der Waals surface area contributed by atoms with Gasteiger partial charge >= 0.3 is 0 Å². The van der Waals surface area contributed by atoms with Gasteiger partial charge in [0.05, 0.1) is 39.9 Å². The highest BCUT2D eigenvalue weighted by Gasteiger charge is 2.33. The van der Waals surface area contributed by atoms with Gasteiger partial charge in [-0.1, -0.05) is 24.3 Å². The molecule has 0 radical (unpaired) electrons. The number of fused-ring (bicyclic) bond motifs is 1. The van der Waals surface area contributed by atoms with E-state index in [1.807, 2.05) is 30.3 Å². The van der Waals surface area contributed by atoms with Crippen LogP contribution in [0.5, 0.6) is 23.0 Å². The average molecular weight is 496 g/mol. The van der Waals surface area contributed by atoms with E-state index in [-0.39, 0.29) is 18.7 Å². The molecule has 35 heavy (non-hydrogen) atoms. The highest BCUT2D eigenvalue weighted by Crippen LogP contribution is 2.46. The Labute approximate surface area is 211 Å². The van der Waals surface area contributed by atoms with Crippen LogP contribution in [0.25, 0.3) is 0 Å². The fraction of sp³-hybridized carbons (Fsp3) is 0.357. The number of aliphatic hydroxyl groups is 1. The van der Waals surface area contributed by atoms with Gasteiger partial charge < -0.3 is 29.4 Å². The quantitative estimate of drug-likeness (QED) is 0.392. The van der Waals surface area contributed by atoms with Crippen LogP contribution >= 0.6 is 11.8 Å². The second-order valence-electron chi connectivity index (χ2n) is 8.49. The Kier molecular flexibility index (Phi) is 8.44. The molecule has 0 unspecified atom stereocenters. The molecule has 7 heteroatoms. The molecule has 0 amide bonds. The molecule has 1 aliphatic rings. The van der Waals surface area contributed by atoms with E-state index in [2.05, 4.69) is 29.6 Å². The van der Waals surface area contributed by atoms with Crippen molar-refractivity contribution in [2.75, 3.05) is 35.0 Å². The second-order valence-corrected chi connectivity index (χ2v) is 9.48. The first-order chi connectivity index (χ1) is 17.1. The Hall–Kier alpha value is -2.87. The lowest BCUT2D eigenvalue weighted by atomic mass is 9.86. The molecule has 6 nitrogen and oxygen atoms in total. The SMILES string of the molecule is COc1ccc(CSc2c(OC)cc(OC)c3c2C[C@@H](CO)N[C@H]3Cc2ccc(OC)cc2)cc1. The molecule has 3 aromatic carbocycles. The molecule has 3 aromatic rings. The van der Waals surface area contributed by atoms with Crippen LogP contribution < -0.4 is 24.3 Å². The summed E-state index contributed by atoms with van der Waals surface area (Å²) in [5, 5.41) is 13.7. The molecule has 2 atom stereocenters. The van der Waals surface area contributed by atoms with Crippen molar-refractivity contribution in [3.05, 3.63) is 76.9 Å². The molecule has 0 aliphatic carbocycles. The van der Waals surface area contributed by atoms with Gasteiger partial charge in [-0.2, -0.15) is 0 Å². The number of hydrogen-bond donors (Lipinski definition) is 2. The molecule has 2 N–H and O–H groups in total. The minimum atomic E-state index is -0.0529. The van der Waals surface area contributed by atoms with E-state index in [0.717, 1.165) is 45.6 Å². The fourth-order valence-corrected chi connectivity index (χ4v) is 5.73. The smallest absolute Gasteiger partial charge is 0.136 e. The monoisotopic (exact) mass is 495 g/mol. The molecule has 0 aromatic heterocycles. The minimum absolute atomic E-state index is 0.00881. The van der Waals surface area contributed by atoms with Gasteiger partial charge in [-0.3, -0.25) is 0 Å². The number of nitrogens with one attached hydrogen (secondary N) is 1. The van der Waals surface area contributed by atoms with Crippen LogP contribution in [0.2, 0.25) is 0 Å². The van der Waals surface area contributed by atoms with Gasteiger partial charge in [0, 0.05) is 29.5 Å². The molecule has 0 spiro atoms. The van der Waals surface area contributed by atoms with Crippen LogP contribution in [0.4, 0.5) is 0 Å². The Balaban J connectivity index is 1.70. The molecule has 1 heterocycles. The summed E-state index contributed by atoms with van der Waals surface area (Å²) < 4.78 is 22.3. The van der Waals surface area contributed by atoms with E-state index in [0.29, 0.717) is 6.42 Å². The maximum atomic E-state index is 10.1. The first-order valence-electron chi connectivity index (χ1n) is 11.6. The first-order valence-corrected chi connectivity index (χ1v) is 12.6. The summed E-state index contributed by atoms with van der Waals surface area (Å²) in [5.74, 6) is 4.06. The summed E-state index contributed by atoms with van der Waals surface area (Å²) in [6, 6.07) is 18.2. The van der Waals surface area contributed by atoms with Crippen molar-refractivity contribution >= 4 is 11.8 Å². The molecular weight excluding hydrogens is 462 g/mol. The topological polar surface area (TPSA) is 69.2 Å². The van der Waals surface area contributed by atoms with Crippen molar-refractivity contribution in [3.8, 4) is 23.0 Å². The van der Waals surface area contributed by atoms with Crippen molar-refractivity contribution in [2.24, 2.45) is 0 Å². The second kappa shape index (κ2) is 11.7. The van der Waals surface area contributed by atoms with E-state index in [9.17, 15) is 5.11 Å². The fourth-order valence-electron chi connectivity index (χ4n) is 4.57. The summed E-state index contributed by atoms with van der Waals surface area (Å²) in [6.07, 6.45) is 1.46. The molecular formula is C28H33NO5S. The predicted molar refractivity (Wildman–Crippen MR) is 139 cm³/mol. The lowest BCUT2D eigenvalue weighted by Gasteiger charge is -2.35. The largest absolute Gasteiger partial charge is 0.497 e. The maximum absolute atomic E-state index is 10.1. The van der Waals surface area contributed by atoms with Crippen LogP contribution in [0.1, 0.15) is 28.3 Å². The Bertz CT molecular complexity index is 1120. The zero-order chi connectivity index (χ0) is 24.8. The zero-order valence-electron chi connectivity index (χ0n) is 20.7. The highest BCUT2D eigenvalue weighted by molar-refractivity contribution is 7.98. The summed E-state index contributed by atoms with van der Waals surface area (Å²) in [4.78, 5) is 1.10. The van der Waals surface area contributed by atoms with E-state index in [1.165, 1.54) is 16.7 Å². The molecule has 0 saturated heterocycles. The predicted octanol–water partition coefficient (Wildman–Crippen LogP) is 4.80. The van der Waals surface area contributed by atoms with E-state index < -0.39 is 0 Å². The minimum Gasteiger partial charge on any atom is -0.497 e. The van der Waals surface area contributed by atoms with Gasteiger partial charge in [0.1, 0.15) is 23.0 Å². The van der Waals surface area contributed by atoms with E-state index >= 15 is 0 Å². The van der Waals surface area contributed by atoms with Gasteiger partial charge in [0.25, 0.3) is 0 Å². The number of aliphatic hydroxyl groups excluding tert-OH is 1. The van der Waals surface area contributed by atoms with Crippen molar-refractivity contribution in [2.45, 2.75) is 35.6 Å². The van der Waals surface area contributed by atoms with Crippen LogP contribution in [-0.2, 0) is 18.6 Å². The third-order valence-corrected chi connectivity index (χ3v) is 7.60. The van der Waals surface area contributed by atoms with Gasteiger partial charge in [0.15, 0.2) is 0 Å². The maximum Gasteiger partial charge on any atom is 0.136 e. The molecule has 0 saturated carbocycles. The molecule has 4 rings (SSSR count). The Morgan fingerprint density at radius 3 is 1.97 bits per heavy atom. The van der Waals surface area contributed by atoms with Crippen molar-refractivity contribution in [3.63, 3.8) is 0 Å². The lowest BCUT2D eigenvalue weighted by molar-refractivity contribution is 0.219. The van der Waals surface area contributed by atoms with Gasteiger partial charge in [-0.15, -0.1) is 11.8 Å². The van der Waals surface area contributed by atoms with Gasteiger partial charge in [-0.25, -0.2) is 0 Å². The number of benzene rings is 3.